The number of halogens is 2. The minimum absolute atomic E-state index is 0.120. The number of hydrogen-bond acceptors (Lipinski definition) is 1. The van der Waals surface area contributed by atoms with Crippen molar-refractivity contribution in [2.24, 2.45) is 0 Å². The summed E-state index contributed by atoms with van der Waals surface area (Å²) in [5, 5.41) is 3.23. The van der Waals surface area contributed by atoms with Crippen molar-refractivity contribution >= 4 is 43.8 Å². The number of nitrogens with one attached hydrogen (secondary N) is 1. The first-order chi connectivity index (χ1) is 5.18. The molecule has 0 atom stereocenters. The molecule has 0 spiro atoms. The third kappa shape index (κ3) is 3.07. The van der Waals surface area contributed by atoms with Gasteiger partial charge in [0.15, 0.2) is 0 Å². The Kier molecular flexibility index (Phi) is 3.14. The van der Waals surface area contributed by atoms with Crippen molar-refractivity contribution in [1.82, 2.24) is 0 Å². The molecule has 2 nitrogen and oxygen atoms in total. The van der Waals surface area contributed by atoms with E-state index in [0.29, 0.717) is 5.02 Å². The van der Waals surface area contributed by atoms with Gasteiger partial charge >= 0.3 is 0 Å². The van der Waals surface area contributed by atoms with E-state index < -0.39 is 0 Å². The maximum atomic E-state index is 10.6. The van der Waals surface area contributed by atoms with Gasteiger partial charge in [-0.3, -0.25) is 4.79 Å². The van der Waals surface area contributed by atoms with Crippen LogP contribution in [-0.4, -0.2) is 3.91 Å². The standard InChI is InChI=1S/C7H5ClINO/c8-5-2-1-3-6(4-5)10-7(9)11/h1-4H,(H,10,11). The zero-order valence-electron chi connectivity index (χ0n) is 5.47. The van der Waals surface area contributed by atoms with Crippen LogP contribution in [0.15, 0.2) is 24.3 Å². The minimum atomic E-state index is -0.120. The van der Waals surface area contributed by atoms with E-state index in [-0.39, 0.29) is 3.91 Å². The number of hydrogen-bond donors (Lipinski definition) is 1. The highest BCUT2D eigenvalue weighted by Gasteiger charge is 1.95. The lowest BCUT2D eigenvalue weighted by molar-refractivity contribution is 0.272. The van der Waals surface area contributed by atoms with Gasteiger partial charge in [-0.15, -0.1) is 0 Å². The van der Waals surface area contributed by atoms with Crippen LogP contribution in [0.4, 0.5) is 10.5 Å². The van der Waals surface area contributed by atoms with Crippen LogP contribution in [0.3, 0.4) is 0 Å². The van der Waals surface area contributed by atoms with Crippen LogP contribution < -0.4 is 5.32 Å². The molecule has 0 fully saturated rings. The largest absolute Gasteiger partial charge is 0.317 e. The monoisotopic (exact) mass is 281 g/mol. The Bertz CT molecular complexity index is 277. The number of carbonyl (C=O) groups is 1. The lowest BCUT2D eigenvalue weighted by Crippen LogP contribution is -1.99. The van der Waals surface area contributed by atoms with Crippen molar-refractivity contribution in [3.63, 3.8) is 0 Å². The van der Waals surface area contributed by atoms with E-state index in [1.807, 2.05) is 0 Å². The molecule has 1 aromatic carbocycles. The topological polar surface area (TPSA) is 29.1 Å². The first kappa shape index (κ1) is 8.80. The summed E-state index contributed by atoms with van der Waals surface area (Å²) in [6.45, 7) is 0. The minimum Gasteiger partial charge on any atom is -0.317 e. The molecule has 0 saturated heterocycles. The van der Waals surface area contributed by atoms with Crippen molar-refractivity contribution in [3.8, 4) is 0 Å². The Hall–Kier alpha value is -0.290. The molecule has 0 bridgehead atoms. The van der Waals surface area contributed by atoms with Gasteiger partial charge in [0, 0.05) is 33.3 Å². The highest BCUT2D eigenvalue weighted by atomic mass is 127. The van der Waals surface area contributed by atoms with Gasteiger partial charge in [-0.05, 0) is 18.2 Å². The van der Waals surface area contributed by atoms with Crippen LogP contribution in [0.25, 0.3) is 0 Å². The molecule has 58 valence electrons. The molecule has 0 aliphatic carbocycles. The zero-order valence-corrected chi connectivity index (χ0v) is 8.39. The molecule has 1 N–H and O–H groups in total. The van der Waals surface area contributed by atoms with E-state index in [1.165, 1.54) is 0 Å². The molecular formula is C7H5ClINO. The van der Waals surface area contributed by atoms with E-state index >= 15 is 0 Å². The van der Waals surface area contributed by atoms with E-state index in [9.17, 15) is 4.79 Å². The number of carbonyl (C=O) groups excluding carboxylic acids is 1. The second-order valence-electron chi connectivity index (χ2n) is 1.91. The molecule has 1 aromatic rings. The number of benzene rings is 1. The summed E-state index contributed by atoms with van der Waals surface area (Å²) in [5.41, 5.74) is 0.719. The molecule has 0 radical (unpaired) electrons. The summed E-state index contributed by atoms with van der Waals surface area (Å²) < 4.78 is -0.120. The van der Waals surface area contributed by atoms with E-state index in [1.54, 1.807) is 46.9 Å². The van der Waals surface area contributed by atoms with Crippen molar-refractivity contribution in [3.05, 3.63) is 29.3 Å². The maximum Gasteiger partial charge on any atom is 0.284 e. The van der Waals surface area contributed by atoms with Crippen molar-refractivity contribution in [2.75, 3.05) is 5.32 Å². The second-order valence-corrected chi connectivity index (χ2v) is 3.33. The second kappa shape index (κ2) is 3.92. The fourth-order valence-electron chi connectivity index (χ4n) is 0.680. The Morgan fingerprint density at radius 1 is 1.55 bits per heavy atom. The molecule has 0 aliphatic rings. The fourth-order valence-corrected chi connectivity index (χ4v) is 1.18. The molecule has 0 heterocycles. The Labute approximate surface area is 83.1 Å². The highest BCUT2D eigenvalue weighted by molar-refractivity contribution is 14.1. The van der Waals surface area contributed by atoms with Gasteiger partial charge < -0.3 is 5.32 Å². The average molecular weight is 281 g/mol. The van der Waals surface area contributed by atoms with Crippen LogP contribution in [0.1, 0.15) is 0 Å². The summed E-state index contributed by atoms with van der Waals surface area (Å²) in [6.07, 6.45) is 0. The molecule has 1 amide bonds. The van der Waals surface area contributed by atoms with Crippen molar-refractivity contribution in [2.45, 2.75) is 0 Å². The van der Waals surface area contributed by atoms with Crippen LogP contribution in [0.5, 0.6) is 0 Å². The Balaban J connectivity index is 2.79. The first-order valence-electron chi connectivity index (χ1n) is 2.90. The first-order valence-corrected chi connectivity index (χ1v) is 4.36. The summed E-state index contributed by atoms with van der Waals surface area (Å²) in [4.78, 5) is 10.6. The van der Waals surface area contributed by atoms with Crippen LogP contribution >= 0.6 is 34.2 Å². The summed E-state index contributed by atoms with van der Waals surface area (Å²) in [5.74, 6) is 0. The molecule has 0 saturated carbocycles. The Morgan fingerprint density at radius 3 is 2.82 bits per heavy atom. The van der Waals surface area contributed by atoms with E-state index in [4.69, 9.17) is 11.6 Å². The molecular weight excluding hydrogens is 276 g/mol. The third-order valence-electron chi connectivity index (χ3n) is 1.07. The molecule has 0 aromatic heterocycles. The SMILES string of the molecule is O=C(I)Nc1cccc(Cl)c1. The predicted octanol–water partition coefficient (Wildman–Crippen LogP) is 3.31. The third-order valence-corrected chi connectivity index (χ3v) is 1.57. The molecule has 11 heavy (non-hydrogen) atoms. The number of rotatable bonds is 1. The summed E-state index contributed by atoms with van der Waals surface area (Å²) >= 11 is 7.34. The quantitative estimate of drug-likeness (QED) is 0.477. The summed E-state index contributed by atoms with van der Waals surface area (Å²) in [7, 11) is 0. The molecule has 4 heteroatoms. The highest BCUT2D eigenvalue weighted by Crippen LogP contribution is 2.15. The van der Waals surface area contributed by atoms with Crippen molar-refractivity contribution < 1.29 is 4.79 Å². The Morgan fingerprint density at radius 2 is 2.27 bits per heavy atom. The van der Waals surface area contributed by atoms with E-state index in [2.05, 4.69) is 5.32 Å². The smallest absolute Gasteiger partial charge is 0.284 e. The summed E-state index contributed by atoms with van der Waals surface area (Å²) in [6, 6.07) is 7.01. The maximum absolute atomic E-state index is 10.6. The van der Waals surface area contributed by atoms with Gasteiger partial charge in [0.05, 0.1) is 0 Å². The van der Waals surface area contributed by atoms with Gasteiger partial charge in [-0.2, -0.15) is 0 Å². The van der Waals surface area contributed by atoms with Gasteiger partial charge in [-0.25, -0.2) is 0 Å². The number of anilines is 1. The number of amides is 1. The van der Waals surface area contributed by atoms with Gasteiger partial charge in [0.25, 0.3) is 3.91 Å². The lowest BCUT2D eigenvalue weighted by atomic mass is 10.3. The lowest BCUT2D eigenvalue weighted by Gasteiger charge is -1.99. The van der Waals surface area contributed by atoms with Crippen LogP contribution in [0, 0.1) is 0 Å². The van der Waals surface area contributed by atoms with Gasteiger partial charge in [0.1, 0.15) is 0 Å². The fraction of sp³-hybridized carbons (Fsp3) is 0. The van der Waals surface area contributed by atoms with E-state index in [0.717, 1.165) is 5.69 Å². The van der Waals surface area contributed by atoms with Crippen LogP contribution in [-0.2, 0) is 0 Å². The zero-order chi connectivity index (χ0) is 8.27. The molecule has 0 unspecified atom stereocenters. The van der Waals surface area contributed by atoms with Crippen molar-refractivity contribution in [1.29, 1.82) is 0 Å². The average Bonchev–Trinajstić information content (AvgIpc) is 1.85. The van der Waals surface area contributed by atoms with Gasteiger partial charge in [0.2, 0.25) is 0 Å². The molecule has 0 aliphatic heterocycles. The normalized spacial score (nSPS) is 9.27. The predicted molar refractivity (Wildman–Crippen MR) is 54.5 cm³/mol. The molecule has 1 rings (SSSR count). The van der Waals surface area contributed by atoms with Crippen LogP contribution in [0.2, 0.25) is 5.02 Å². The van der Waals surface area contributed by atoms with Gasteiger partial charge in [-0.1, -0.05) is 17.7 Å².